The molecule has 2 nitrogen and oxygen atoms in total. The van der Waals surface area contributed by atoms with Crippen LogP contribution in [0.1, 0.15) is 52.4 Å². The van der Waals surface area contributed by atoms with Crippen molar-refractivity contribution in [3.8, 4) is 0 Å². The third-order valence-corrected chi connectivity index (χ3v) is 7.41. The van der Waals surface area contributed by atoms with Crippen LogP contribution in [0.3, 0.4) is 0 Å². The molecular weight excluding hydrogens is 254 g/mol. The van der Waals surface area contributed by atoms with E-state index in [-0.39, 0.29) is 0 Å². The highest BCUT2D eigenvalue weighted by Crippen LogP contribution is 2.61. The highest BCUT2D eigenvalue weighted by molar-refractivity contribution is 7.84. The highest BCUT2D eigenvalue weighted by atomic mass is 32.2. The lowest BCUT2D eigenvalue weighted by molar-refractivity contribution is -0.0700. The molecule has 2 atom stereocenters. The van der Waals surface area contributed by atoms with Gasteiger partial charge in [-0.25, -0.2) is 0 Å². The van der Waals surface area contributed by atoms with E-state index >= 15 is 0 Å². The highest BCUT2D eigenvalue weighted by Gasteiger charge is 2.52. The van der Waals surface area contributed by atoms with Gasteiger partial charge in [-0.15, -0.1) is 0 Å². The number of rotatable bonds is 6. The number of hydrogen-bond donors (Lipinski definition) is 1. The minimum atomic E-state index is -0.618. The smallest absolute Gasteiger partial charge is 0.0360 e. The molecule has 19 heavy (non-hydrogen) atoms. The van der Waals surface area contributed by atoms with E-state index < -0.39 is 10.8 Å². The van der Waals surface area contributed by atoms with Gasteiger partial charge >= 0.3 is 0 Å². The summed E-state index contributed by atoms with van der Waals surface area (Å²) in [5, 5.41) is 3.71. The summed E-state index contributed by atoms with van der Waals surface area (Å²) < 4.78 is 11.5. The van der Waals surface area contributed by atoms with Gasteiger partial charge in [-0.1, -0.05) is 6.92 Å². The average Bonchev–Trinajstić information content (AvgIpc) is 2.36. The van der Waals surface area contributed by atoms with Gasteiger partial charge in [0.1, 0.15) is 0 Å². The molecule has 4 bridgehead atoms. The maximum atomic E-state index is 11.5. The zero-order valence-electron chi connectivity index (χ0n) is 12.5. The van der Waals surface area contributed by atoms with Gasteiger partial charge in [0.2, 0.25) is 0 Å². The Bertz CT molecular complexity index is 319. The van der Waals surface area contributed by atoms with E-state index in [2.05, 4.69) is 12.2 Å². The van der Waals surface area contributed by atoms with Crippen molar-refractivity contribution in [2.75, 3.05) is 18.1 Å². The quantitative estimate of drug-likeness (QED) is 0.812. The van der Waals surface area contributed by atoms with Gasteiger partial charge in [-0.3, -0.25) is 4.21 Å². The Hall–Kier alpha value is 0.110. The third kappa shape index (κ3) is 2.78. The van der Waals surface area contributed by atoms with Crippen molar-refractivity contribution in [2.45, 2.75) is 58.4 Å². The fraction of sp³-hybridized carbons (Fsp3) is 1.00. The van der Waals surface area contributed by atoms with Crippen LogP contribution in [-0.2, 0) is 10.8 Å². The summed E-state index contributed by atoms with van der Waals surface area (Å²) in [6, 6.07) is 0.620. The number of hydrogen-bond acceptors (Lipinski definition) is 2. The maximum absolute atomic E-state index is 11.5. The topological polar surface area (TPSA) is 29.1 Å². The summed E-state index contributed by atoms with van der Waals surface area (Å²) >= 11 is 0. The second-order valence-electron chi connectivity index (χ2n) is 7.39. The standard InChI is InChI=1S/C16H29NOS/c1-3-19(18)5-4-17-12(2)16-9-13-6-14(10-16)8-15(7-13)11-16/h12-15,17H,3-11H2,1-2H3. The van der Waals surface area contributed by atoms with E-state index in [0.29, 0.717) is 11.5 Å². The molecule has 0 amide bonds. The first kappa shape index (κ1) is 14.1. The molecule has 0 heterocycles. The SMILES string of the molecule is CCS(=O)CCNC(C)C12CC3CC(CC(C3)C1)C2. The lowest BCUT2D eigenvalue weighted by Crippen LogP contribution is -2.55. The Morgan fingerprint density at radius 2 is 1.68 bits per heavy atom. The van der Waals surface area contributed by atoms with Crippen molar-refractivity contribution in [3.05, 3.63) is 0 Å². The van der Waals surface area contributed by atoms with Crippen LogP contribution in [-0.4, -0.2) is 28.3 Å². The Morgan fingerprint density at radius 1 is 1.16 bits per heavy atom. The molecule has 2 unspecified atom stereocenters. The molecule has 4 aliphatic rings. The zero-order valence-corrected chi connectivity index (χ0v) is 13.3. The molecule has 3 heteroatoms. The molecule has 0 spiro atoms. The summed E-state index contributed by atoms with van der Waals surface area (Å²) in [6.45, 7) is 5.34. The summed E-state index contributed by atoms with van der Waals surface area (Å²) in [4.78, 5) is 0. The molecule has 0 aromatic rings. The van der Waals surface area contributed by atoms with Crippen LogP contribution in [0.2, 0.25) is 0 Å². The molecule has 1 N–H and O–H groups in total. The van der Waals surface area contributed by atoms with Crippen molar-refractivity contribution >= 4 is 10.8 Å². The van der Waals surface area contributed by atoms with E-state index in [1.54, 1.807) is 0 Å². The van der Waals surface area contributed by atoms with E-state index in [1.165, 1.54) is 38.5 Å². The first-order chi connectivity index (χ1) is 9.11. The minimum Gasteiger partial charge on any atom is -0.313 e. The van der Waals surface area contributed by atoms with Crippen molar-refractivity contribution in [1.29, 1.82) is 0 Å². The minimum absolute atomic E-state index is 0.586. The van der Waals surface area contributed by atoms with E-state index in [1.807, 2.05) is 6.92 Å². The Kier molecular flexibility index (Phi) is 4.05. The third-order valence-electron chi connectivity index (χ3n) is 6.11. The summed E-state index contributed by atoms with van der Waals surface area (Å²) in [6.07, 6.45) is 8.95. The number of nitrogens with one attached hydrogen (secondary N) is 1. The molecular formula is C16H29NOS. The van der Waals surface area contributed by atoms with Crippen molar-refractivity contribution in [3.63, 3.8) is 0 Å². The zero-order chi connectivity index (χ0) is 13.5. The van der Waals surface area contributed by atoms with Crippen LogP contribution in [0.5, 0.6) is 0 Å². The molecule has 0 aliphatic heterocycles. The van der Waals surface area contributed by atoms with E-state index in [0.717, 1.165) is 35.8 Å². The predicted molar refractivity (Wildman–Crippen MR) is 81.6 cm³/mol. The van der Waals surface area contributed by atoms with Gasteiger partial charge in [0.15, 0.2) is 0 Å². The Morgan fingerprint density at radius 3 is 2.16 bits per heavy atom. The molecule has 4 rings (SSSR count). The van der Waals surface area contributed by atoms with E-state index in [4.69, 9.17) is 0 Å². The second-order valence-corrected chi connectivity index (χ2v) is 9.25. The van der Waals surface area contributed by atoms with Crippen LogP contribution in [0.25, 0.3) is 0 Å². The molecule has 0 radical (unpaired) electrons. The Balaban J connectivity index is 1.57. The molecule has 0 aromatic heterocycles. The van der Waals surface area contributed by atoms with Crippen molar-refractivity contribution in [2.24, 2.45) is 23.2 Å². The van der Waals surface area contributed by atoms with Crippen molar-refractivity contribution < 1.29 is 4.21 Å². The van der Waals surface area contributed by atoms with Crippen LogP contribution in [0.15, 0.2) is 0 Å². The van der Waals surface area contributed by atoms with Gasteiger partial charge in [0.25, 0.3) is 0 Å². The monoisotopic (exact) mass is 283 g/mol. The van der Waals surface area contributed by atoms with Crippen LogP contribution in [0.4, 0.5) is 0 Å². The lowest BCUT2D eigenvalue weighted by atomic mass is 9.48. The summed E-state index contributed by atoms with van der Waals surface area (Å²) in [5.74, 6) is 4.71. The van der Waals surface area contributed by atoms with E-state index in [9.17, 15) is 4.21 Å². The predicted octanol–water partition coefficient (Wildman–Crippen LogP) is 2.95. The van der Waals surface area contributed by atoms with Crippen LogP contribution >= 0.6 is 0 Å². The lowest BCUT2D eigenvalue weighted by Gasteiger charge is -2.59. The largest absolute Gasteiger partial charge is 0.313 e. The second kappa shape index (κ2) is 5.48. The molecule has 0 aromatic carbocycles. The summed E-state index contributed by atoms with van der Waals surface area (Å²) in [7, 11) is -0.618. The first-order valence-corrected chi connectivity index (χ1v) is 9.68. The molecule has 0 saturated heterocycles. The fourth-order valence-electron chi connectivity index (χ4n) is 5.46. The molecule has 4 saturated carbocycles. The normalized spacial score (nSPS) is 43.4. The van der Waals surface area contributed by atoms with Crippen molar-refractivity contribution in [1.82, 2.24) is 5.32 Å². The van der Waals surface area contributed by atoms with Gasteiger partial charge in [0.05, 0.1) is 0 Å². The molecule has 4 aliphatic carbocycles. The van der Waals surface area contributed by atoms with Crippen LogP contribution in [0, 0.1) is 23.2 Å². The average molecular weight is 283 g/mol. The van der Waals surface area contributed by atoms with Gasteiger partial charge in [-0.05, 0) is 68.6 Å². The summed E-state index contributed by atoms with van der Waals surface area (Å²) in [5.41, 5.74) is 0.586. The first-order valence-electron chi connectivity index (χ1n) is 8.19. The van der Waals surface area contributed by atoms with Gasteiger partial charge < -0.3 is 5.32 Å². The molecule has 4 fully saturated rings. The molecule has 110 valence electrons. The Labute approximate surface area is 120 Å². The van der Waals surface area contributed by atoms with Gasteiger partial charge in [-0.2, -0.15) is 0 Å². The fourth-order valence-corrected chi connectivity index (χ4v) is 6.09. The maximum Gasteiger partial charge on any atom is 0.0360 e. The van der Waals surface area contributed by atoms with Crippen LogP contribution < -0.4 is 5.32 Å². The van der Waals surface area contributed by atoms with Gasteiger partial charge in [0, 0.05) is 34.9 Å².